The number of nitrogens with two attached hydrogens (primary N) is 1. The van der Waals surface area contributed by atoms with Gasteiger partial charge < -0.3 is 46.7 Å². The molecule has 0 bridgehead atoms. The fourth-order valence-electron chi connectivity index (χ4n) is 7.58. The highest BCUT2D eigenvalue weighted by atomic mass is 16.5. The number of aromatic nitrogens is 5. The largest absolute Gasteiger partial charge is 0.466 e. The molecule has 3 aromatic rings. The first-order valence-corrected chi connectivity index (χ1v) is 22.0. The summed E-state index contributed by atoms with van der Waals surface area (Å²) in [5, 5.41) is 26.3. The van der Waals surface area contributed by atoms with Crippen molar-refractivity contribution in [3.8, 4) is 0 Å². The minimum Gasteiger partial charge on any atom is -0.466 e. The minimum atomic E-state index is -1.05. The van der Waals surface area contributed by atoms with Gasteiger partial charge in [-0.2, -0.15) is 4.98 Å². The van der Waals surface area contributed by atoms with Crippen molar-refractivity contribution in [2.45, 2.75) is 135 Å². The molecule has 1 aromatic carbocycles. The maximum Gasteiger partial charge on any atom is 0.328 e. The quantitative estimate of drug-likeness (QED) is 0.0532. The van der Waals surface area contributed by atoms with Gasteiger partial charge >= 0.3 is 11.9 Å². The van der Waals surface area contributed by atoms with Crippen LogP contribution in [0.4, 0.5) is 11.8 Å². The topological polar surface area (TPSA) is 233 Å². The number of esters is 2. The molecule has 7 N–H and O–H groups in total. The van der Waals surface area contributed by atoms with Crippen LogP contribution in [-0.2, 0) is 41.7 Å². The van der Waals surface area contributed by atoms with E-state index < -0.39 is 29.9 Å². The van der Waals surface area contributed by atoms with Gasteiger partial charge in [0.05, 0.1) is 37.5 Å². The Balaban J connectivity index is 1.02. The molecule has 1 aliphatic heterocycles. The van der Waals surface area contributed by atoms with Crippen molar-refractivity contribution in [1.29, 1.82) is 0 Å². The van der Waals surface area contributed by atoms with Crippen LogP contribution < -0.4 is 32.3 Å². The molecule has 2 aromatic heterocycles. The fraction of sp³-hybridized carbons (Fsp3) is 0.667. The van der Waals surface area contributed by atoms with E-state index in [1.807, 2.05) is 35.1 Å². The molecular weight excluding hydrogens is 769 g/mol. The molecule has 2 unspecified atom stereocenters. The predicted molar refractivity (Wildman–Crippen MR) is 229 cm³/mol. The maximum absolute atomic E-state index is 13.2. The number of nitrogens with zero attached hydrogens (tertiary/aromatic N) is 6. The summed E-state index contributed by atoms with van der Waals surface area (Å²) >= 11 is 0. The van der Waals surface area contributed by atoms with Crippen molar-refractivity contribution in [1.82, 2.24) is 45.8 Å². The van der Waals surface area contributed by atoms with Gasteiger partial charge in [-0.15, -0.1) is 5.10 Å². The summed E-state index contributed by atoms with van der Waals surface area (Å²) in [5.74, 6) is -0.625. The number of carbonyl (C=O) groups is 4. The summed E-state index contributed by atoms with van der Waals surface area (Å²) in [4.78, 5) is 61.6. The summed E-state index contributed by atoms with van der Waals surface area (Å²) in [7, 11) is 0. The number of hydrogen-bond acceptors (Lipinski definition) is 15. The van der Waals surface area contributed by atoms with E-state index in [2.05, 4.69) is 36.9 Å². The molecule has 1 saturated heterocycles. The van der Waals surface area contributed by atoms with Gasteiger partial charge in [0.15, 0.2) is 0 Å². The van der Waals surface area contributed by atoms with Crippen molar-refractivity contribution in [2.24, 2.45) is 5.73 Å². The third-order valence-electron chi connectivity index (χ3n) is 11.0. The second-order valence-electron chi connectivity index (χ2n) is 15.6. The lowest BCUT2D eigenvalue weighted by atomic mass is 9.95. The van der Waals surface area contributed by atoms with Crippen molar-refractivity contribution in [3.63, 3.8) is 0 Å². The van der Waals surface area contributed by atoms with E-state index in [1.54, 1.807) is 18.7 Å². The highest BCUT2D eigenvalue weighted by molar-refractivity contribution is 5.90. The van der Waals surface area contributed by atoms with Crippen LogP contribution in [0.15, 0.2) is 30.5 Å². The molecule has 2 fully saturated rings. The lowest BCUT2D eigenvalue weighted by Crippen LogP contribution is -2.49. The number of likely N-dealkylation sites (tertiary alicyclic amines) is 1. The molecular formula is C42H66N12O6. The standard InChI is InChI=1S/C42H66N12O6/c1-3-59-38(56)19-17-36(41(58)60-4-2)48-40(57)34(43)16-18-37(55)53-26-20-31(21-27-53)47-39-33-14-8-9-15-35(33)49-42(50-39)46-28-32-29-54(52-51-32)25-11-23-44-22-10-24-45-30-12-6-5-7-13-30/h8-9,14-15,29-31,34,36,44-45H,3-7,10-13,16-28,43H2,1-2H3,(H,48,57)(H2,46,47,49,50). The van der Waals surface area contributed by atoms with Gasteiger partial charge in [0.1, 0.15) is 17.6 Å². The lowest BCUT2D eigenvalue weighted by molar-refractivity contribution is -0.149. The van der Waals surface area contributed by atoms with E-state index >= 15 is 0 Å². The first-order chi connectivity index (χ1) is 29.2. The zero-order valence-electron chi connectivity index (χ0n) is 35.5. The Labute approximate surface area is 353 Å². The first kappa shape index (κ1) is 46.1. The number of ether oxygens (including phenoxy) is 2. The van der Waals surface area contributed by atoms with E-state index in [9.17, 15) is 19.2 Å². The Bertz CT molecular complexity index is 1800. The molecule has 2 amide bonds. The Morgan fingerprint density at radius 2 is 1.65 bits per heavy atom. The Morgan fingerprint density at radius 1 is 0.883 bits per heavy atom. The monoisotopic (exact) mass is 835 g/mol. The summed E-state index contributed by atoms with van der Waals surface area (Å²) in [6.45, 7) is 8.99. The summed E-state index contributed by atoms with van der Waals surface area (Å²) in [6, 6.07) is 6.58. The number of anilines is 2. The molecule has 330 valence electrons. The average Bonchev–Trinajstić information content (AvgIpc) is 3.72. The second kappa shape index (κ2) is 25.0. The molecule has 5 rings (SSSR count). The van der Waals surface area contributed by atoms with E-state index in [1.165, 1.54) is 32.1 Å². The molecule has 3 heterocycles. The summed E-state index contributed by atoms with van der Waals surface area (Å²) in [6.07, 6.45) is 12.4. The molecule has 18 heteroatoms. The average molecular weight is 835 g/mol. The van der Waals surface area contributed by atoms with E-state index in [4.69, 9.17) is 25.2 Å². The number of fused-ring (bicyclic) bond motifs is 1. The fourth-order valence-corrected chi connectivity index (χ4v) is 7.58. The highest BCUT2D eigenvalue weighted by Gasteiger charge is 2.28. The van der Waals surface area contributed by atoms with Gasteiger partial charge in [-0.3, -0.25) is 19.1 Å². The smallest absolute Gasteiger partial charge is 0.328 e. The number of benzene rings is 1. The van der Waals surface area contributed by atoms with E-state index in [0.29, 0.717) is 50.3 Å². The van der Waals surface area contributed by atoms with Crippen LogP contribution in [0.2, 0.25) is 0 Å². The maximum atomic E-state index is 13.2. The number of para-hydroxylation sites is 1. The predicted octanol–water partition coefficient (Wildman–Crippen LogP) is 3.03. The van der Waals surface area contributed by atoms with Crippen molar-refractivity contribution < 1.29 is 28.7 Å². The lowest BCUT2D eigenvalue weighted by Gasteiger charge is -2.33. The van der Waals surface area contributed by atoms with Gasteiger partial charge in [0.25, 0.3) is 0 Å². The van der Waals surface area contributed by atoms with Crippen LogP contribution in [0.3, 0.4) is 0 Å². The molecule has 2 aliphatic rings. The third kappa shape index (κ3) is 15.3. The number of amides is 2. The number of nitrogens with one attached hydrogen (secondary N) is 5. The summed E-state index contributed by atoms with van der Waals surface area (Å²) in [5.41, 5.74) is 7.74. The number of carbonyl (C=O) groups excluding carboxylic acids is 4. The number of aryl methyl sites for hydroxylation is 1. The van der Waals surface area contributed by atoms with Gasteiger partial charge in [0, 0.05) is 49.9 Å². The van der Waals surface area contributed by atoms with Crippen molar-refractivity contribution in [3.05, 3.63) is 36.2 Å². The molecule has 1 saturated carbocycles. The van der Waals surface area contributed by atoms with Gasteiger partial charge in [-0.1, -0.05) is 36.6 Å². The minimum absolute atomic E-state index is 0.0158. The normalized spacial score (nSPS) is 15.9. The molecule has 60 heavy (non-hydrogen) atoms. The van der Waals surface area contributed by atoms with Crippen molar-refractivity contribution >= 4 is 46.4 Å². The zero-order valence-corrected chi connectivity index (χ0v) is 35.5. The first-order valence-electron chi connectivity index (χ1n) is 22.0. The van der Waals surface area contributed by atoms with Gasteiger partial charge in [-0.25, -0.2) is 9.78 Å². The van der Waals surface area contributed by atoms with Gasteiger partial charge in [0.2, 0.25) is 17.8 Å². The van der Waals surface area contributed by atoms with E-state index in [-0.39, 0.29) is 50.8 Å². The van der Waals surface area contributed by atoms with Crippen LogP contribution in [0.5, 0.6) is 0 Å². The van der Waals surface area contributed by atoms with Crippen LogP contribution in [0.25, 0.3) is 10.9 Å². The SMILES string of the molecule is CCOC(=O)CCC(NC(=O)C(N)CCC(=O)N1CCC(Nc2nc(NCc3cn(CCCNCCCNC4CCCCC4)nn3)nc3ccccc23)CC1)C(=O)OCC. The van der Waals surface area contributed by atoms with Crippen LogP contribution in [-0.4, -0.2) is 124 Å². The zero-order chi connectivity index (χ0) is 42.5. The third-order valence-corrected chi connectivity index (χ3v) is 11.0. The van der Waals surface area contributed by atoms with Crippen LogP contribution in [0, 0.1) is 0 Å². The number of rotatable bonds is 25. The van der Waals surface area contributed by atoms with Gasteiger partial charge in [-0.05, 0) is 97.0 Å². The molecule has 1 aliphatic carbocycles. The summed E-state index contributed by atoms with van der Waals surface area (Å²) < 4.78 is 11.9. The second-order valence-corrected chi connectivity index (χ2v) is 15.6. The van der Waals surface area contributed by atoms with Crippen LogP contribution >= 0.6 is 0 Å². The Hall–Kier alpha value is -4.94. The Kier molecular flexibility index (Phi) is 19.2. The number of hydrogen-bond donors (Lipinski definition) is 6. The number of piperidine rings is 1. The van der Waals surface area contributed by atoms with Crippen LogP contribution in [0.1, 0.15) is 103 Å². The molecule has 0 spiro atoms. The molecule has 2 atom stereocenters. The molecule has 0 radical (unpaired) electrons. The van der Waals surface area contributed by atoms with E-state index in [0.717, 1.165) is 55.6 Å². The molecule has 18 nitrogen and oxygen atoms in total. The Morgan fingerprint density at radius 3 is 2.43 bits per heavy atom. The highest BCUT2D eigenvalue weighted by Crippen LogP contribution is 2.25. The van der Waals surface area contributed by atoms with Crippen molar-refractivity contribution in [2.75, 3.05) is 56.6 Å².